The molecule has 0 aliphatic carbocycles. The number of benzene rings is 1. The Morgan fingerprint density at radius 1 is 1.16 bits per heavy atom. The molecule has 1 saturated heterocycles. The lowest BCUT2D eigenvalue weighted by atomic mass is 10.2. The number of anilines is 2. The van der Waals surface area contributed by atoms with Crippen molar-refractivity contribution in [3.63, 3.8) is 0 Å². The van der Waals surface area contributed by atoms with Gasteiger partial charge in [0.05, 0.1) is 17.0 Å². The van der Waals surface area contributed by atoms with E-state index in [1.54, 1.807) is 12.1 Å². The maximum Gasteiger partial charge on any atom is 0.153 e. The molecule has 0 spiro atoms. The van der Waals surface area contributed by atoms with Crippen molar-refractivity contribution in [3.05, 3.63) is 24.5 Å². The summed E-state index contributed by atoms with van der Waals surface area (Å²) in [5, 5.41) is 0.899. The summed E-state index contributed by atoms with van der Waals surface area (Å²) < 4.78 is 22.9. The second-order valence-electron chi connectivity index (χ2n) is 4.61. The van der Waals surface area contributed by atoms with E-state index in [2.05, 4.69) is 9.97 Å². The van der Waals surface area contributed by atoms with Crippen LogP contribution in [0.25, 0.3) is 10.9 Å². The van der Waals surface area contributed by atoms with Crippen LogP contribution in [0.3, 0.4) is 0 Å². The van der Waals surface area contributed by atoms with E-state index < -0.39 is 9.84 Å². The molecular weight excluding hydrogens is 264 g/mol. The van der Waals surface area contributed by atoms with E-state index in [1.165, 1.54) is 6.33 Å². The zero-order valence-corrected chi connectivity index (χ0v) is 11.1. The van der Waals surface area contributed by atoms with Gasteiger partial charge in [-0.3, -0.25) is 0 Å². The molecule has 100 valence electrons. The molecule has 0 amide bonds. The van der Waals surface area contributed by atoms with Gasteiger partial charge in [0.1, 0.15) is 12.1 Å². The van der Waals surface area contributed by atoms with Crippen molar-refractivity contribution in [1.82, 2.24) is 9.97 Å². The monoisotopic (exact) mass is 278 g/mol. The minimum atomic E-state index is -2.89. The van der Waals surface area contributed by atoms with E-state index in [1.807, 2.05) is 11.0 Å². The quantitative estimate of drug-likeness (QED) is 0.762. The number of nitrogen functional groups attached to an aromatic ring is 1. The molecule has 2 N–H and O–H groups in total. The first-order valence-electron chi connectivity index (χ1n) is 6.01. The first kappa shape index (κ1) is 12.2. The number of nitrogens with zero attached hydrogens (tertiary/aromatic N) is 3. The standard InChI is InChI=1S/C12H14N4O2S/c13-9-1-2-10-11(7-9)14-8-15-12(10)16-3-5-19(17,18)6-4-16/h1-2,7-8H,3-6,13H2. The highest BCUT2D eigenvalue weighted by Crippen LogP contribution is 2.25. The third-order valence-electron chi connectivity index (χ3n) is 3.28. The van der Waals surface area contributed by atoms with E-state index in [-0.39, 0.29) is 11.5 Å². The average molecular weight is 278 g/mol. The average Bonchev–Trinajstić information content (AvgIpc) is 2.38. The maximum atomic E-state index is 11.5. The number of nitrogens with two attached hydrogens (primary N) is 1. The fourth-order valence-corrected chi connectivity index (χ4v) is 3.44. The smallest absolute Gasteiger partial charge is 0.153 e. The highest BCUT2D eigenvalue weighted by atomic mass is 32.2. The Labute approximate surface area is 111 Å². The summed E-state index contributed by atoms with van der Waals surface area (Å²) in [6.07, 6.45) is 1.49. The summed E-state index contributed by atoms with van der Waals surface area (Å²) >= 11 is 0. The molecule has 0 saturated carbocycles. The SMILES string of the molecule is Nc1ccc2c(N3CCS(=O)(=O)CC3)ncnc2c1. The molecule has 0 atom stereocenters. The molecule has 0 radical (unpaired) electrons. The summed E-state index contributed by atoms with van der Waals surface area (Å²) in [6, 6.07) is 5.47. The predicted octanol–water partition coefficient (Wildman–Crippen LogP) is 0.447. The summed E-state index contributed by atoms with van der Waals surface area (Å²) in [4.78, 5) is 10.5. The second kappa shape index (κ2) is 4.34. The van der Waals surface area contributed by atoms with E-state index in [0.717, 1.165) is 16.7 Å². The fourth-order valence-electron chi connectivity index (χ4n) is 2.24. The Morgan fingerprint density at radius 3 is 2.63 bits per heavy atom. The zero-order chi connectivity index (χ0) is 13.5. The van der Waals surface area contributed by atoms with Crippen LogP contribution in [0.2, 0.25) is 0 Å². The number of sulfone groups is 1. The Morgan fingerprint density at radius 2 is 1.89 bits per heavy atom. The molecule has 7 heteroatoms. The number of rotatable bonds is 1. The van der Waals surface area contributed by atoms with Crippen molar-refractivity contribution in [2.24, 2.45) is 0 Å². The van der Waals surface area contributed by atoms with Crippen LogP contribution >= 0.6 is 0 Å². The van der Waals surface area contributed by atoms with Crippen molar-refractivity contribution in [1.29, 1.82) is 0 Å². The van der Waals surface area contributed by atoms with Gasteiger partial charge < -0.3 is 10.6 Å². The molecular formula is C12H14N4O2S. The van der Waals surface area contributed by atoms with Crippen molar-refractivity contribution >= 4 is 32.2 Å². The van der Waals surface area contributed by atoms with Crippen molar-refractivity contribution in [2.75, 3.05) is 35.2 Å². The van der Waals surface area contributed by atoms with Crippen LogP contribution in [-0.4, -0.2) is 43.0 Å². The first-order valence-corrected chi connectivity index (χ1v) is 7.83. The number of hydrogen-bond acceptors (Lipinski definition) is 6. The number of aromatic nitrogens is 2. The summed E-state index contributed by atoms with van der Waals surface area (Å²) in [5.41, 5.74) is 7.16. The molecule has 0 unspecified atom stereocenters. The van der Waals surface area contributed by atoms with E-state index >= 15 is 0 Å². The molecule has 19 heavy (non-hydrogen) atoms. The van der Waals surface area contributed by atoms with Crippen molar-refractivity contribution in [2.45, 2.75) is 0 Å². The van der Waals surface area contributed by atoms with E-state index in [9.17, 15) is 8.42 Å². The van der Waals surface area contributed by atoms with Crippen LogP contribution in [0.15, 0.2) is 24.5 Å². The largest absolute Gasteiger partial charge is 0.399 e. The van der Waals surface area contributed by atoms with Crippen LogP contribution in [0.4, 0.5) is 11.5 Å². The lowest BCUT2D eigenvalue weighted by Crippen LogP contribution is -2.40. The van der Waals surface area contributed by atoms with Crippen molar-refractivity contribution < 1.29 is 8.42 Å². The molecule has 1 aromatic heterocycles. The molecule has 1 aliphatic rings. The highest BCUT2D eigenvalue weighted by Gasteiger charge is 2.23. The molecule has 3 rings (SSSR count). The van der Waals surface area contributed by atoms with Gasteiger partial charge in [0.2, 0.25) is 0 Å². The van der Waals surface area contributed by atoms with Gasteiger partial charge in [0.15, 0.2) is 9.84 Å². The maximum absolute atomic E-state index is 11.5. The summed E-state index contributed by atoms with van der Waals surface area (Å²) in [7, 11) is -2.89. The van der Waals surface area contributed by atoms with Crippen LogP contribution in [0.5, 0.6) is 0 Å². The molecule has 1 fully saturated rings. The van der Waals surface area contributed by atoms with Gasteiger partial charge in [-0.1, -0.05) is 0 Å². The van der Waals surface area contributed by atoms with Gasteiger partial charge >= 0.3 is 0 Å². The van der Waals surface area contributed by atoms with Gasteiger partial charge in [0, 0.05) is 24.2 Å². The molecule has 1 aliphatic heterocycles. The summed E-state index contributed by atoms with van der Waals surface area (Å²) in [6.45, 7) is 0.942. The Kier molecular flexibility index (Phi) is 2.78. The third kappa shape index (κ3) is 2.33. The highest BCUT2D eigenvalue weighted by molar-refractivity contribution is 7.91. The van der Waals surface area contributed by atoms with E-state index in [0.29, 0.717) is 18.8 Å². The number of hydrogen-bond donors (Lipinski definition) is 1. The van der Waals surface area contributed by atoms with Crippen LogP contribution in [-0.2, 0) is 9.84 Å². The van der Waals surface area contributed by atoms with Gasteiger partial charge in [-0.15, -0.1) is 0 Å². The second-order valence-corrected chi connectivity index (χ2v) is 6.92. The number of fused-ring (bicyclic) bond motifs is 1. The molecule has 2 heterocycles. The normalized spacial score (nSPS) is 18.6. The van der Waals surface area contributed by atoms with Gasteiger partial charge in [-0.05, 0) is 18.2 Å². The van der Waals surface area contributed by atoms with Gasteiger partial charge in [-0.2, -0.15) is 0 Å². The third-order valence-corrected chi connectivity index (χ3v) is 4.89. The first-order chi connectivity index (χ1) is 9.05. The lowest BCUT2D eigenvalue weighted by Gasteiger charge is -2.28. The predicted molar refractivity (Wildman–Crippen MR) is 74.8 cm³/mol. The van der Waals surface area contributed by atoms with Gasteiger partial charge in [0.25, 0.3) is 0 Å². The van der Waals surface area contributed by atoms with Gasteiger partial charge in [-0.25, -0.2) is 18.4 Å². The Balaban J connectivity index is 2.02. The topological polar surface area (TPSA) is 89.2 Å². The molecule has 2 aromatic rings. The van der Waals surface area contributed by atoms with Crippen LogP contribution < -0.4 is 10.6 Å². The molecule has 6 nitrogen and oxygen atoms in total. The Hall–Kier alpha value is -1.89. The van der Waals surface area contributed by atoms with Crippen LogP contribution in [0.1, 0.15) is 0 Å². The summed E-state index contributed by atoms with van der Waals surface area (Å²) in [5.74, 6) is 1.13. The lowest BCUT2D eigenvalue weighted by molar-refractivity contribution is 0.586. The van der Waals surface area contributed by atoms with Crippen molar-refractivity contribution in [3.8, 4) is 0 Å². The zero-order valence-electron chi connectivity index (χ0n) is 10.3. The fraction of sp³-hybridized carbons (Fsp3) is 0.333. The van der Waals surface area contributed by atoms with Crippen LogP contribution in [0, 0.1) is 0 Å². The Bertz CT molecular complexity index is 716. The molecule has 1 aromatic carbocycles. The minimum Gasteiger partial charge on any atom is -0.399 e. The molecule has 0 bridgehead atoms. The minimum absolute atomic E-state index is 0.174. The van der Waals surface area contributed by atoms with E-state index in [4.69, 9.17) is 5.73 Å².